The van der Waals surface area contributed by atoms with Crippen LogP contribution in [0.5, 0.6) is 11.5 Å². The number of amides is 1. The van der Waals surface area contributed by atoms with Gasteiger partial charge in [-0.25, -0.2) is 0 Å². The van der Waals surface area contributed by atoms with Crippen molar-refractivity contribution in [3.05, 3.63) is 18.2 Å². The van der Waals surface area contributed by atoms with Gasteiger partial charge in [0.15, 0.2) is 11.5 Å². The molecule has 5 nitrogen and oxygen atoms in total. The molecule has 0 spiro atoms. The van der Waals surface area contributed by atoms with Crippen LogP contribution in [0.3, 0.4) is 0 Å². The molecule has 0 saturated heterocycles. The van der Waals surface area contributed by atoms with Crippen molar-refractivity contribution in [2.45, 2.75) is 58.9 Å². The second-order valence-electron chi connectivity index (χ2n) is 5.98. The quantitative estimate of drug-likeness (QED) is 0.688. The molecule has 0 saturated carbocycles. The number of ether oxygens (including phenoxy) is 2. The van der Waals surface area contributed by atoms with E-state index in [1.165, 1.54) is 0 Å². The summed E-state index contributed by atoms with van der Waals surface area (Å²) in [6.07, 6.45) is 3.32. The minimum Gasteiger partial charge on any atom is -0.490 e. The fraction of sp³-hybridized carbons (Fsp3) is 0.611. The molecule has 0 bridgehead atoms. The van der Waals surface area contributed by atoms with E-state index >= 15 is 0 Å². The number of benzene rings is 1. The first-order valence-corrected chi connectivity index (χ1v) is 8.44. The van der Waals surface area contributed by atoms with Gasteiger partial charge in [-0.1, -0.05) is 27.2 Å². The van der Waals surface area contributed by atoms with Crippen LogP contribution < -0.4 is 20.5 Å². The van der Waals surface area contributed by atoms with Gasteiger partial charge in [-0.3, -0.25) is 4.79 Å². The molecular formula is C18H30N2O3. The molecule has 1 amide bonds. The van der Waals surface area contributed by atoms with Gasteiger partial charge in [0.05, 0.1) is 18.8 Å². The highest BCUT2D eigenvalue weighted by molar-refractivity contribution is 5.97. The summed E-state index contributed by atoms with van der Waals surface area (Å²) in [7, 11) is 0. The molecule has 1 aromatic carbocycles. The number of carbonyl (C=O) groups is 1. The van der Waals surface area contributed by atoms with Gasteiger partial charge in [0.2, 0.25) is 5.91 Å². The van der Waals surface area contributed by atoms with Gasteiger partial charge >= 0.3 is 0 Å². The van der Waals surface area contributed by atoms with E-state index in [0.29, 0.717) is 36.8 Å². The van der Waals surface area contributed by atoms with Crippen molar-refractivity contribution in [3.8, 4) is 11.5 Å². The Labute approximate surface area is 139 Å². The molecule has 0 heterocycles. The molecule has 1 rings (SSSR count). The second kappa shape index (κ2) is 9.40. The van der Waals surface area contributed by atoms with Crippen LogP contribution >= 0.6 is 0 Å². The fourth-order valence-corrected chi connectivity index (χ4v) is 2.15. The van der Waals surface area contributed by atoms with Crippen molar-refractivity contribution in [1.29, 1.82) is 0 Å². The van der Waals surface area contributed by atoms with Crippen LogP contribution in [0.25, 0.3) is 0 Å². The Morgan fingerprint density at radius 1 is 1.09 bits per heavy atom. The van der Waals surface area contributed by atoms with Crippen molar-refractivity contribution in [3.63, 3.8) is 0 Å². The lowest BCUT2D eigenvalue weighted by Crippen LogP contribution is -2.48. The molecule has 5 heteroatoms. The number of hydrogen-bond donors (Lipinski definition) is 2. The summed E-state index contributed by atoms with van der Waals surface area (Å²) in [5.74, 6) is 1.15. The SMILES string of the molecule is CCCOc1ccc(NC(=O)C(C)(N)CCC)cc1OCCC. The topological polar surface area (TPSA) is 73.6 Å². The molecular weight excluding hydrogens is 292 g/mol. The molecule has 0 aromatic heterocycles. The number of nitrogens with one attached hydrogen (secondary N) is 1. The molecule has 1 aromatic rings. The first-order valence-electron chi connectivity index (χ1n) is 8.44. The van der Waals surface area contributed by atoms with Crippen molar-refractivity contribution >= 4 is 11.6 Å². The standard InChI is InChI=1S/C18H30N2O3/c1-5-10-18(4,19)17(21)20-14-8-9-15(22-11-6-2)16(13-14)23-12-7-3/h8-9,13H,5-7,10-12,19H2,1-4H3,(H,20,21). The third-order valence-corrected chi connectivity index (χ3v) is 3.41. The fourth-order valence-electron chi connectivity index (χ4n) is 2.15. The van der Waals surface area contributed by atoms with Gasteiger partial charge < -0.3 is 20.5 Å². The molecule has 0 fully saturated rings. The molecule has 130 valence electrons. The molecule has 1 atom stereocenters. The van der Waals surface area contributed by atoms with Gasteiger partial charge in [0.1, 0.15) is 0 Å². The minimum absolute atomic E-state index is 0.192. The molecule has 3 N–H and O–H groups in total. The van der Waals surface area contributed by atoms with Crippen molar-refractivity contribution in [2.75, 3.05) is 18.5 Å². The highest BCUT2D eigenvalue weighted by Crippen LogP contribution is 2.31. The van der Waals surface area contributed by atoms with Crippen LogP contribution in [0, 0.1) is 0 Å². The van der Waals surface area contributed by atoms with Gasteiger partial charge in [0.25, 0.3) is 0 Å². The van der Waals surface area contributed by atoms with E-state index in [1.54, 1.807) is 13.0 Å². The Morgan fingerprint density at radius 2 is 1.70 bits per heavy atom. The molecule has 0 aliphatic rings. The minimum atomic E-state index is -0.878. The lowest BCUT2D eigenvalue weighted by molar-refractivity contribution is -0.120. The van der Waals surface area contributed by atoms with Crippen LogP contribution in [-0.2, 0) is 4.79 Å². The Kier molecular flexibility index (Phi) is 7.89. The summed E-state index contributed by atoms with van der Waals surface area (Å²) < 4.78 is 11.4. The predicted molar refractivity (Wildman–Crippen MR) is 94.1 cm³/mol. The van der Waals surface area contributed by atoms with Gasteiger partial charge in [-0.05, 0) is 38.3 Å². The molecule has 0 radical (unpaired) electrons. The van der Waals surface area contributed by atoms with E-state index in [4.69, 9.17) is 15.2 Å². The summed E-state index contributed by atoms with van der Waals surface area (Å²) >= 11 is 0. The average Bonchev–Trinajstić information content (AvgIpc) is 2.51. The monoisotopic (exact) mass is 322 g/mol. The zero-order valence-electron chi connectivity index (χ0n) is 14.8. The maximum absolute atomic E-state index is 12.3. The maximum atomic E-state index is 12.3. The van der Waals surface area contributed by atoms with E-state index in [0.717, 1.165) is 19.3 Å². The Balaban J connectivity index is 2.88. The van der Waals surface area contributed by atoms with Crippen molar-refractivity contribution in [2.24, 2.45) is 5.73 Å². The second-order valence-corrected chi connectivity index (χ2v) is 5.98. The molecule has 23 heavy (non-hydrogen) atoms. The Hall–Kier alpha value is -1.75. The van der Waals surface area contributed by atoms with Crippen LogP contribution in [0.4, 0.5) is 5.69 Å². The van der Waals surface area contributed by atoms with E-state index < -0.39 is 5.54 Å². The van der Waals surface area contributed by atoms with Crippen LogP contribution in [0.1, 0.15) is 53.4 Å². The van der Waals surface area contributed by atoms with E-state index in [1.807, 2.05) is 26.0 Å². The number of rotatable bonds is 10. The van der Waals surface area contributed by atoms with Gasteiger partial charge in [-0.15, -0.1) is 0 Å². The van der Waals surface area contributed by atoms with Crippen LogP contribution in [-0.4, -0.2) is 24.7 Å². The lowest BCUT2D eigenvalue weighted by Gasteiger charge is -2.23. The number of nitrogens with two attached hydrogens (primary N) is 1. The lowest BCUT2D eigenvalue weighted by atomic mass is 9.96. The zero-order valence-corrected chi connectivity index (χ0v) is 14.8. The van der Waals surface area contributed by atoms with E-state index in [2.05, 4.69) is 12.2 Å². The predicted octanol–water partition coefficient (Wildman–Crippen LogP) is 3.72. The average molecular weight is 322 g/mol. The summed E-state index contributed by atoms with van der Waals surface area (Å²) in [6, 6.07) is 5.42. The highest BCUT2D eigenvalue weighted by Gasteiger charge is 2.27. The van der Waals surface area contributed by atoms with E-state index in [9.17, 15) is 4.79 Å². The first kappa shape index (κ1) is 19.3. The number of hydrogen-bond acceptors (Lipinski definition) is 4. The number of carbonyl (C=O) groups excluding carboxylic acids is 1. The highest BCUT2D eigenvalue weighted by atomic mass is 16.5. The third-order valence-electron chi connectivity index (χ3n) is 3.41. The summed E-state index contributed by atoms with van der Waals surface area (Å²) in [4.78, 5) is 12.3. The van der Waals surface area contributed by atoms with E-state index in [-0.39, 0.29) is 5.91 Å². The first-order chi connectivity index (χ1) is 10.9. The Bertz CT molecular complexity index is 501. The van der Waals surface area contributed by atoms with Crippen LogP contribution in [0.15, 0.2) is 18.2 Å². The maximum Gasteiger partial charge on any atom is 0.244 e. The van der Waals surface area contributed by atoms with Crippen LogP contribution in [0.2, 0.25) is 0 Å². The van der Waals surface area contributed by atoms with Crippen molar-refractivity contribution in [1.82, 2.24) is 0 Å². The third kappa shape index (κ3) is 6.10. The molecule has 0 aliphatic carbocycles. The summed E-state index contributed by atoms with van der Waals surface area (Å²) in [6.45, 7) is 9.09. The normalized spacial score (nSPS) is 13.3. The molecule has 0 aliphatic heterocycles. The smallest absolute Gasteiger partial charge is 0.244 e. The zero-order chi connectivity index (χ0) is 17.3. The Morgan fingerprint density at radius 3 is 2.26 bits per heavy atom. The van der Waals surface area contributed by atoms with Gasteiger partial charge in [-0.2, -0.15) is 0 Å². The summed E-state index contributed by atoms with van der Waals surface area (Å²) in [5, 5.41) is 2.87. The molecule has 1 unspecified atom stereocenters. The van der Waals surface area contributed by atoms with Gasteiger partial charge in [0, 0.05) is 11.8 Å². The number of anilines is 1. The summed E-state index contributed by atoms with van der Waals surface area (Å²) in [5.41, 5.74) is 5.85. The largest absolute Gasteiger partial charge is 0.490 e. The van der Waals surface area contributed by atoms with Crippen molar-refractivity contribution < 1.29 is 14.3 Å².